The lowest BCUT2D eigenvalue weighted by atomic mass is 10.1. The van der Waals surface area contributed by atoms with Crippen molar-refractivity contribution in [3.63, 3.8) is 0 Å². The molecule has 0 aliphatic carbocycles. The number of carbonyl (C=O) groups is 1. The number of rotatable bonds is 5. The highest BCUT2D eigenvalue weighted by Gasteiger charge is 2.35. The Hall–Kier alpha value is -2.95. The van der Waals surface area contributed by atoms with Gasteiger partial charge in [-0.25, -0.2) is 0 Å². The zero-order valence-electron chi connectivity index (χ0n) is 16.7. The molecule has 1 aliphatic rings. The summed E-state index contributed by atoms with van der Waals surface area (Å²) in [6.45, 7) is 0.463. The van der Waals surface area contributed by atoms with Crippen LogP contribution in [0.25, 0.3) is 10.8 Å². The average molecular weight is 446 g/mol. The molecule has 1 heterocycles. The van der Waals surface area contributed by atoms with E-state index in [9.17, 15) is 4.79 Å². The summed E-state index contributed by atoms with van der Waals surface area (Å²) >= 11 is 7.66. The fourth-order valence-electron chi connectivity index (χ4n) is 3.92. The first kappa shape index (κ1) is 20.0. The van der Waals surface area contributed by atoms with Crippen LogP contribution in [-0.4, -0.2) is 11.7 Å². The monoisotopic (exact) mass is 445 g/mol. The van der Waals surface area contributed by atoms with Crippen molar-refractivity contribution in [1.29, 1.82) is 0 Å². The van der Waals surface area contributed by atoms with Crippen LogP contribution < -0.4 is 9.64 Å². The molecule has 0 radical (unpaired) electrons. The molecule has 0 spiro atoms. The van der Waals surface area contributed by atoms with Gasteiger partial charge in [-0.1, -0.05) is 72.3 Å². The second-order valence-corrected chi connectivity index (χ2v) is 8.87. The Balaban J connectivity index is 1.45. The van der Waals surface area contributed by atoms with Crippen molar-refractivity contribution in [3.05, 3.63) is 107 Å². The maximum atomic E-state index is 12.7. The molecular weight excluding hydrogens is 426 g/mol. The van der Waals surface area contributed by atoms with Gasteiger partial charge in [0.25, 0.3) is 0 Å². The Morgan fingerprint density at radius 1 is 0.903 bits per heavy atom. The van der Waals surface area contributed by atoms with Crippen molar-refractivity contribution < 1.29 is 9.53 Å². The number of hydrogen-bond acceptors (Lipinski definition) is 3. The van der Waals surface area contributed by atoms with Gasteiger partial charge < -0.3 is 4.74 Å². The summed E-state index contributed by atoms with van der Waals surface area (Å²) in [7, 11) is 0. The molecule has 1 fully saturated rings. The number of anilines is 1. The predicted octanol–water partition coefficient (Wildman–Crippen LogP) is 6.85. The molecule has 1 amide bonds. The van der Waals surface area contributed by atoms with E-state index >= 15 is 0 Å². The van der Waals surface area contributed by atoms with E-state index in [-0.39, 0.29) is 11.3 Å². The minimum atomic E-state index is -0.141. The van der Waals surface area contributed by atoms with Crippen LogP contribution in [0.5, 0.6) is 5.75 Å². The standard InChI is InChI=1S/C26H20ClNO2S/c27-20-12-14-21(15-13-20)28-25(29)17-31-26(28)23-10-3-4-11-24(23)30-16-19-8-5-7-18-6-1-2-9-22(18)19/h1-15,26H,16-17H2/t26-/m1/s1. The van der Waals surface area contributed by atoms with E-state index in [1.807, 2.05) is 65.6 Å². The minimum absolute atomic E-state index is 0.0844. The summed E-state index contributed by atoms with van der Waals surface area (Å²) in [6, 6.07) is 30.0. The lowest BCUT2D eigenvalue weighted by molar-refractivity contribution is -0.115. The maximum Gasteiger partial charge on any atom is 0.238 e. The first-order valence-electron chi connectivity index (χ1n) is 10.1. The van der Waals surface area contributed by atoms with Crippen LogP contribution in [0.2, 0.25) is 5.02 Å². The second-order valence-electron chi connectivity index (χ2n) is 7.37. The Bertz CT molecular complexity index is 1240. The van der Waals surface area contributed by atoms with Gasteiger partial charge in [-0.2, -0.15) is 0 Å². The average Bonchev–Trinajstić information content (AvgIpc) is 3.19. The molecule has 4 aromatic rings. The van der Waals surface area contributed by atoms with E-state index in [2.05, 4.69) is 30.3 Å². The third-order valence-corrected chi connectivity index (χ3v) is 6.87. The Morgan fingerprint density at radius 3 is 2.52 bits per heavy atom. The molecule has 5 heteroatoms. The van der Waals surface area contributed by atoms with Gasteiger partial charge in [0.15, 0.2) is 0 Å². The third kappa shape index (κ3) is 4.01. The number of ether oxygens (including phenoxy) is 1. The van der Waals surface area contributed by atoms with Gasteiger partial charge >= 0.3 is 0 Å². The molecule has 5 rings (SSSR count). The van der Waals surface area contributed by atoms with Crippen molar-refractivity contribution >= 4 is 45.7 Å². The molecule has 0 unspecified atom stereocenters. The van der Waals surface area contributed by atoms with E-state index in [0.29, 0.717) is 17.4 Å². The van der Waals surface area contributed by atoms with E-state index in [1.54, 1.807) is 11.8 Å². The zero-order chi connectivity index (χ0) is 21.2. The van der Waals surface area contributed by atoms with Gasteiger partial charge in [-0.3, -0.25) is 9.69 Å². The lowest BCUT2D eigenvalue weighted by Gasteiger charge is -2.26. The number of fused-ring (bicyclic) bond motifs is 1. The van der Waals surface area contributed by atoms with E-state index < -0.39 is 0 Å². The Labute approximate surface area is 190 Å². The highest BCUT2D eigenvalue weighted by atomic mass is 35.5. The maximum absolute atomic E-state index is 12.7. The lowest BCUT2D eigenvalue weighted by Crippen LogP contribution is -2.28. The fraction of sp³-hybridized carbons (Fsp3) is 0.115. The number of amides is 1. The minimum Gasteiger partial charge on any atom is -0.488 e. The van der Waals surface area contributed by atoms with Crippen LogP contribution in [-0.2, 0) is 11.4 Å². The Kier molecular flexibility index (Phi) is 5.58. The molecule has 154 valence electrons. The van der Waals surface area contributed by atoms with Crippen molar-refractivity contribution in [2.45, 2.75) is 12.0 Å². The summed E-state index contributed by atoms with van der Waals surface area (Å²) in [5.41, 5.74) is 2.97. The highest BCUT2D eigenvalue weighted by molar-refractivity contribution is 8.00. The molecule has 3 nitrogen and oxygen atoms in total. The van der Waals surface area contributed by atoms with Gasteiger partial charge in [0.1, 0.15) is 17.7 Å². The van der Waals surface area contributed by atoms with Crippen LogP contribution in [0.3, 0.4) is 0 Å². The zero-order valence-corrected chi connectivity index (χ0v) is 18.3. The molecular formula is C26H20ClNO2S. The number of hydrogen-bond donors (Lipinski definition) is 0. The SMILES string of the molecule is O=C1CS[C@H](c2ccccc2OCc2cccc3ccccc23)N1c1ccc(Cl)cc1. The summed E-state index contributed by atoms with van der Waals surface area (Å²) in [4.78, 5) is 14.5. The van der Waals surface area contributed by atoms with Gasteiger partial charge in [0.2, 0.25) is 5.91 Å². The molecule has 0 aromatic heterocycles. The summed E-state index contributed by atoms with van der Waals surface area (Å²) in [5.74, 6) is 1.31. The molecule has 1 saturated heterocycles. The topological polar surface area (TPSA) is 29.5 Å². The molecule has 0 N–H and O–H groups in total. The number of nitrogens with zero attached hydrogens (tertiary/aromatic N) is 1. The number of thioether (sulfide) groups is 1. The number of para-hydroxylation sites is 1. The van der Waals surface area contributed by atoms with E-state index in [0.717, 1.165) is 22.6 Å². The van der Waals surface area contributed by atoms with Crippen molar-refractivity contribution in [1.82, 2.24) is 0 Å². The van der Waals surface area contributed by atoms with Gasteiger partial charge in [-0.05, 0) is 46.7 Å². The van der Waals surface area contributed by atoms with Crippen molar-refractivity contribution in [2.24, 2.45) is 0 Å². The molecule has 1 atom stereocenters. The Morgan fingerprint density at radius 2 is 1.65 bits per heavy atom. The van der Waals surface area contributed by atoms with Crippen LogP contribution in [0, 0.1) is 0 Å². The first-order valence-corrected chi connectivity index (χ1v) is 11.5. The molecule has 31 heavy (non-hydrogen) atoms. The van der Waals surface area contributed by atoms with Crippen LogP contribution in [0.4, 0.5) is 5.69 Å². The second kappa shape index (κ2) is 8.66. The quantitative estimate of drug-likeness (QED) is 0.336. The highest BCUT2D eigenvalue weighted by Crippen LogP contribution is 2.45. The molecule has 0 bridgehead atoms. The van der Waals surface area contributed by atoms with Crippen molar-refractivity contribution in [3.8, 4) is 5.75 Å². The van der Waals surface area contributed by atoms with Crippen LogP contribution >= 0.6 is 23.4 Å². The largest absolute Gasteiger partial charge is 0.488 e. The van der Waals surface area contributed by atoms with E-state index in [4.69, 9.17) is 16.3 Å². The number of halogens is 1. The first-order chi connectivity index (χ1) is 15.2. The predicted molar refractivity (Wildman–Crippen MR) is 129 cm³/mol. The van der Waals surface area contributed by atoms with Gasteiger partial charge in [0, 0.05) is 16.3 Å². The summed E-state index contributed by atoms with van der Waals surface area (Å²) < 4.78 is 6.31. The molecule has 0 saturated carbocycles. The van der Waals surface area contributed by atoms with E-state index in [1.165, 1.54) is 10.8 Å². The molecule has 4 aromatic carbocycles. The third-order valence-electron chi connectivity index (χ3n) is 5.42. The smallest absolute Gasteiger partial charge is 0.238 e. The molecule has 1 aliphatic heterocycles. The van der Waals surface area contributed by atoms with Crippen molar-refractivity contribution in [2.75, 3.05) is 10.7 Å². The van der Waals surface area contributed by atoms with Gasteiger partial charge in [0.05, 0.1) is 5.75 Å². The summed E-state index contributed by atoms with van der Waals surface area (Å²) in [6.07, 6.45) is 0. The summed E-state index contributed by atoms with van der Waals surface area (Å²) in [5, 5.41) is 2.90. The fourth-order valence-corrected chi connectivity index (χ4v) is 5.25. The normalized spacial score (nSPS) is 16.1. The van der Waals surface area contributed by atoms with Crippen LogP contribution in [0.15, 0.2) is 91.0 Å². The number of benzene rings is 4. The van der Waals surface area contributed by atoms with Crippen LogP contribution in [0.1, 0.15) is 16.5 Å². The van der Waals surface area contributed by atoms with Gasteiger partial charge in [-0.15, -0.1) is 11.8 Å². The number of carbonyl (C=O) groups excluding carboxylic acids is 1.